The number of aliphatic carboxylic acids is 1. The minimum Gasteiger partial charge on any atom is -0.497 e. The van der Waals surface area contributed by atoms with Gasteiger partial charge in [-0.05, 0) is 35.4 Å². The first-order valence-electron chi connectivity index (χ1n) is 8.59. The number of methoxy groups -OCH3 is 1. The second-order valence-corrected chi connectivity index (χ2v) is 6.16. The standard InChI is InChI=1S/C20H20F4O5/c1-27-16-4-2-3-14(10-16)17(21)11-28-15-7-5-13(6-8-15)9-18(19(25)26)29-12-20(22,23)24/h2-8,10,17-18H,9,11-12H2,1H3,(H,25,26). The molecule has 2 aromatic carbocycles. The second-order valence-electron chi connectivity index (χ2n) is 6.16. The van der Waals surface area contributed by atoms with Crippen molar-refractivity contribution in [1.82, 2.24) is 0 Å². The van der Waals surface area contributed by atoms with Crippen molar-refractivity contribution in [3.63, 3.8) is 0 Å². The van der Waals surface area contributed by atoms with E-state index in [-0.39, 0.29) is 13.0 Å². The van der Waals surface area contributed by atoms with E-state index in [4.69, 9.17) is 14.6 Å². The Morgan fingerprint density at radius 1 is 1.10 bits per heavy atom. The van der Waals surface area contributed by atoms with Gasteiger partial charge in [-0.25, -0.2) is 9.18 Å². The van der Waals surface area contributed by atoms with E-state index in [0.29, 0.717) is 22.6 Å². The number of rotatable bonds is 10. The number of carbonyl (C=O) groups is 1. The summed E-state index contributed by atoms with van der Waals surface area (Å²) < 4.78 is 65.8. The molecule has 0 aliphatic rings. The second kappa shape index (κ2) is 10.1. The quantitative estimate of drug-likeness (QED) is 0.583. The van der Waals surface area contributed by atoms with Gasteiger partial charge in [0.05, 0.1) is 7.11 Å². The fourth-order valence-electron chi connectivity index (χ4n) is 2.45. The summed E-state index contributed by atoms with van der Waals surface area (Å²) in [6, 6.07) is 12.5. The van der Waals surface area contributed by atoms with Crippen molar-refractivity contribution in [3.8, 4) is 11.5 Å². The number of carboxylic acid groups (broad SMARTS) is 1. The Morgan fingerprint density at radius 2 is 1.79 bits per heavy atom. The highest BCUT2D eigenvalue weighted by Crippen LogP contribution is 2.24. The summed E-state index contributed by atoms with van der Waals surface area (Å²) >= 11 is 0. The van der Waals surface area contributed by atoms with E-state index in [0.717, 1.165) is 0 Å². The molecule has 0 fully saturated rings. The van der Waals surface area contributed by atoms with E-state index in [2.05, 4.69) is 4.74 Å². The molecule has 0 aliphatic carbocycles. The molecule has 0 bridgehead atoms. The molecule has 29 heavy (non-hydrogen) atoms. The van der Waals surface area contributed by atoms with Crippen LogP contribution in [0.4, 0.5) is 17.6 Å². The Labute approximate surface area is 164 Å². The minimum atomic E-state index is -4.61. The molecule has 9 heteroatoms. The number of halogens is 4. The Balaban J connectivity index is 1.91. The Kier molecular flexibility index (Phi) is 7.83. The monoisotopic (exact) mass is 416 g/mol. The summed E-state index contributed by atoms with van der Waals surface area (Å²) in [6.45, 7) is -1.90. The molecule has 1 N–H and O–H groups in total. The lowest BCUT2D eigenvalue weighted by Gasteiger charge is -2.16. The van der Waals surface area contributed by atoms with E-state index >= 15 is 0 Å². The summed E-state index contributed by atoms with van der Waals surface area (Å²) in [5, 5.41) is 9.01. The zero-order valence-corrected chi connectivity index (χ0v) is 15.5. The van der Waals surface area contributed by atoms with Gasteiger partial charge in [-0.15, -0.1) is 0 Å². The molecular weight excluding hydrogens is 396 g/mol. The smallest absolute Gasteiger partial charge is 0.411 e. The van der Waals surface area contributed by atoms with Crippen LogP contribution in [-0.2, 0) is 16.0 Å². The van der Waals surface area contributed by atoms with Gasteiger partial charge in [0, 0.05) is 6.42 Å². The summed E-state index contributed by atoms with van der Waals surface area (Å²) in [7, 11) is 1.48. The van der Waals surface area contributed by atoms with Gasteiger partial charge in [0.15, 0.2) is 12.3 Å². The third kappa shape index (κ3) is 7.61. The molecule has 5 nitrogen and oxygen atoms in total. The fourth-order valence-corrected chi connectivity index (χ4v) is 2.45. The zero-order valence-electron chi connectivity index (χ0n) is 15.5. The first kappa shape index (κ1) is 22.5. The number of hydrogen-bond donors (Lipinski definition) is 1. The first-order valence-corrected chi connectivity index (χ1v) is 8.59. The van der Waals surface area contributed by atoms with Crippen LogP contribution in [-0.4, -0.2) is 43.7 Å². The van der Waals surface area contributed by atoms with Gasteiger partial charge in [0.25, 0.3) is 0 Å². The molecule has 0 radical (unpaired) electrons. The third-order valence-corrected chi connectivity index (χ3v) is 3.92. The molecule has 2 aromatic rings. The average Bonchev–Trinajstić information content (AvgIpc) is 2.69. The highest BCUT2D eigenvalue weighted by molar-refractivity contribution is 5.72. The van der Waals surface area contributed by atoms with Crippen molar-refractivity contribution in [2.75, 3.05) is 20.3 Å². The normalized spacial score (nSPS) is 13.6. The minimum absolute atomic E-state index is 0.249. The van der Waals surface area contributed by atoms with E-state index in [1.165, 1.54) is 31.4 Å². The maximum absolute atomic E-state index is 14.3. The topological polar surface area (TPSA) is 65.0 Å². The van der Waals surface area contributed by atoms with E-state index in [1.807, 2.05) is 0 Å². The highest BCUT2D eigenvalue weighted by Gasteiger charge is 2.31. The van der Waals surface area contributed by atoms with Crippen molar-refractivity contribution in [2.45, 2.75) is 24.9 Å². The first-order chi connectivity index (χ1) is 13.7. The van der Waals surface area contributed by atoms with E-state index in [1.54, 1.807) is 24.3 Å². The van der Waals surface area contributed by atoms with Gasteiger partial charge in [-0.1, -0.05) is 24.3 Å². The number of carboxylic acids is 1. The molecular formula is C20H20F4O5. The lowest BCUT2D eigenvalue weighted by Crippen LogP contribution is -2.31. The third-order valence-electron chi connectivity index (χ3n) is 3.92. The SMILES string of the molecule is COc1cccc(C(F)COc2ccc(CC(OCC(F)(F)F)C(=O)O)cc2)c1. The van der Waals surface area contributed by atoms with Crippen LogP contribution >= 0.6 is 0 Å². The predicted molar refractivity (Wildman–Crippen MR) is 95.9 cm³/mol. The summed E-state index contributed by atoms with van der Waals surface area (Å²) in [5.41, 5.74) is 0.837. The molecule has 0 aliphatic heterocycles. The lowest BCUT2D eigenvalue weighted by molar-refractivity contribution is -0.192. The van der Waals surface area contributed by atoms with Crippen LogP contribution in [0.15, 0.2) is 48.5 Å². The molecule has 2 rings (SSSR count). The van der Waals surface area contributed by atoms with Crippen LogP contribution in [0.1, 0.15) is 17.3 Å². The van der Waals surface area contributed by atoms with Crippen molar-refractivity contribution >= 4 is 5.97 Å². The fraction of sp³-hybridized carbons (Fsp3) is 0.350. The molecule has 0 aromatic heterocycles. The molecule has 0 spiro atoms. The van der Waals surface area contributed by atoms with Gasteiger partial charge in [0.1, 0.15) is 24.7 Å². The van der Waals surface area contributed by atoms with Crippen LogP contribution in [0.3, 0.4) is 0 Å². The Bertz CT molecular complexity index is 792. The van der Waals surface area contributed by atoms with Gasteiger partial charge >= 0.3 is 12.1 Å². The van der Waals surface area contributed by atoms with Crippen LogP contribution in [0, 0.1) is 0 Å². The van der Waals surface area contributed by atoms with Crippen LogP contribution in [0.2, 0.25) is 0 Å². The molecule has 158 valence electrons. The summed E-state index contributed by atoms with van der Waals surface area (Å²) in [4.78, 5) is 11.1. The predicted octanol–water partition coefficient (Wildman–Crippen LogP) is 4.36. The van der Waals surface area contributed by atoms with E-state index < -0.39 is 31.0 Å². The van der Waals surface area contributed by atoms with Crippen molar-refractivity contribution in [1.29, 1.82) is 0 Å². The molecule has 0 saturated carbocycles. The lowest BCUT2D eigenvalue weighted by atomic mass is 10.1. The maximum Gasteiger partial charge on any atom is 0.411 e. The molecule has 2 unspecified atom stereocenters. The van der Waals surface area contributed by atoms with Crippen molar-refractivity contribution in [2.24, 2.45) is 0 Å². The Morgan fingerprint density at radius 3 is 2.38 bits per heavy atom. The molecule has 0 amide bonds. The van der Waals surface area contributed by atoms with Crippen LogP contribution in [0.25, 0.3) is 0 Å². The number of alkyl halides is 4. The molecule has 0 saturated heterocycles. The molecule has 0 heterocycles. The van der Waals surface area contributed by atoms with Crippen molar-refractivity contribution in [3.05, 3.63) is 59.7 Å². The van der Waals surface area contributed by atoms with Gasteiger partial charge < -0.3 is 19.3 Å². The maximum atomic E-state index is 14.3. The zero-order chi connectivity index (χ0) is 21.4. The highest BCUT2D eigenvalue weighted by atomic mass is 19.4. The van der Waals surface area contributed by atoms with Gasteiger partial charge in [0.2, 0.25) is 0 Å². The number of hydrogen-bond acceptors (Lipinski definition) is 4. The Hall–Kier alpha value is -2.81. The van der Waals surface area contributed by atoms with E-state index in [9.17, 15) is 22.4 Å². The van der Waals surface area contributed by atoms with Gasteiger partial charge in [-0.2, -0.15) is 13.2 Å². The van der Waals surface area contributed by atoms with Crippen LogP contribution < -0.4 is 9.47 Å². The summed E-state index contributed by atoms with van der Waals surface area (Å²) in [6.07, 6.45) is -7.89. The van der Waals surface area contributed by atoms with Crippen molar-refractivity contribution < 1.29 is 41.7 Å². The number of ether oxygens (including phenoxy) is 3. The largest absolute Gasteiger partial charge is 0.497 e. The van der Waals surface area contributed by atoms with Gasteiger partial charge in [-0.3, -0.25) is 0 Å². The average molecular weight is 416 g/mol. The molecule has 2 atom stereocenters. The number of benzene rings is 2. The van der Waals surface area contributed by atoms with Crippen LogP contribution in [0.5, 0.6) is 11.5 Å². The summed E-state index contributed by atoms with van der Waals surface area (Å²) in [5.74, 6) is -0.634.